The van der Waals surface area contributed by atoms with Gasteiger partial charge in [-0.1, -0.05) is 30.3 Å². The molecule has 0 saturated carbocycles. The molecule has 0 unspecified atom stereocenters. The SMILES string of the molecule is CN(Cc1ccccc1)C(=O)OCc1c(-c2ccc(O)cc2)ncn1C. The van der Waals surface area contributed by atoms with Crippen molar-refractivity contribution in [1.82, 2.24) is 14.5 Å². The molecule has 0 fully saturated rings. The topological polar surface area (TPSA) is 67.6 Å². The summed E-state index contributed by atoms with van der Waals surface area (Å²) in [6.45, 7) is 0.598. The van der Waals surface area contributed by atoms with E-state index >= 15 is 0 Å². The molecule has 1 heterocycles. The summed E-state index contributed by atoms with van der Waals surface area (Å²) >= 11 is 0. The lowest BCUT2D eigenvalue weighted by Crippen LogP contribution is -2.27. The molecule has 0 aliphatic rings. The number of amides is 1. The van der Waals surface area contributed by atoms with Crippen molar-refractivity contribution in [3.05, 3.63) is 72.2 Å². The third-order valence-corrected chi connectivity index (χ3v) is 4.11. The van der Waals surface area contributed by atoms with Crippen molar-refractivity contribution in [2.75, 3.05) is 7.05 Å². The molecule has 134 valence electrons. The molecule has 0 aliphatic heterocycles. The zero-order chi connectivity index (χ0) is 18.5. The molecule has 2 aromatic carbocycles. The van der Waals surface area contributed by atoms with Crippen LogP contribution in [0.25, 0.3) is 11.3 Å². The Morgan fingerprint density at radius 3 is 2.54 bits per heavy atom. The number of aryl methyl sites for hydroxylation is 1. The second-order valence-corrected chi connectivity index (χ2v) is 6.09. The van der Waals surface area contributed by atoms with Gasteiger partial charge in [0.05, 0.1) is 17.7 Å². The Bertz CT molecular complexity index is 873. The van der Waals surface area contributed by atoms with Crippen molar-refractivity contribution in [3.8, 4) is 17.0 Å². The van der Waals surface area contributed by atoms with Crippen LogP contribution in [0.4, 0.5) is 4.79 Å². The molecule has 0 spiro atoms. The van der Waals surface area contributed by atoms with Crippen LogP contribution in [0.5, 0.6) is 5.75 Å². The number of aromatic hydroxyl groups is 1. The Morgan fingerprint density at radius 1 is 1.15 bits per heavy atom. The number of phenolic OH excluding ortho intramolecular Hbond substituents is 1. The molecule has 6 heteroatoms. The van der Waals surface area contributed by atoms with E-state index < -0.39 is 6.09 Å². The highest BCUT2D eigenvalue weighted by atomic mass is 16.6. The molecule has 0 saturated heterocycles. The number of imidazole rings is 1. The third kappa shape index (κ3) is 4.03. The predicted molar refractivity (Wildman–Crippen MR) is 98.4 cm³/mol. The highest BCUT2D eigenvalue weighted by molar-refractivity contribution is 5.68. The van der Waals surface area contributed by atoms with E-state index in [2.05, 4.69) is 4.98 Å². The zero-order valence-electron chi connectivity index (χ0n) is 14.8. The summed E-state index contributed by atoms with van der Waals surface area (Å²) in [5.74, 6) is 0.195. The van der Waals surface area contributed by atoms with Gasteiger partial charge in [0.1, 0.15) is 12.4 Å². The first-order valence-corrected chi connectivity index (χ1v) is 8.26. The van der Waals surface area contributed by atoms with Gasteiger partial charge in [0.15, 0.2) is 0 Å². The fraction of sp³-hybridized carbons (Fsp3) is 0.200. The molecule has 1 aromatic heterocycles. The van der Waals surface area contributed by atoms with Gasteiger partial charge in [0, 0.05) is 26.2 Å². The number of nitrogens with zero attached hydrogens (tertiary/aromatic N) is 3. The van der Waals surface area contributed by atoms with E-state index in [-0.39, 0.29) is 12.4 Å². The van der Waals surface area contributed by atoms with E-state index in [9.17, 15) is 9.90 Å². The van der Waals surface area contributed by atoms with Crippen LogP contribution in [0.15, 0.2) is 60.9 Å². The number of hydrogen-bond acceptors (Lipinski definition) is 4. The molecule has 3 rings (SSSR count). The normalized spacial score (nSPS) is 10.5. The van der Waals surface area contributed by atoms with Crippen molar-refractivity contribution in [1.29, 1.82) is 0 Å². The number of phenols is 1. The molecule has 6 nitrogen and oxygen atoms in total. The van der Waals surface area contributed by atoms with Gasteiger partial charge < -0.3 is 19.3 Å². The average Bonchev–Trinajstić information content (AvgIpc) is 3.01. The van der Waals surface area contributed by atoms with Crippen LogP contribution >= 0.6 is 0 Å². The maximum absolute atomic E-state index is 12.3. The van der Waals surface area contributed by atoms with Gasteiger partial charge >= 0.3 is 6.09 Å². The Labute approximate surface area is 152 Å². The Balaban J connectivity index is 1.67. The number of aromatic nitrogens is 2. The van der Waals surface area contributed by atoms with Crippen molar-refractivity contribution in [2.24, 2.45) is 7.05 Å². The maximum atomic E-state index is 12.3. The molecule has 0 aliphatic carbocycles. The summed E-state index contributed by atoms with van der Waals surface area (Å²) in [4.78, 5) is 18.2. The quantitative estimate of drug-likeness (QED) is 0.763. The second kappa shape index (κ2) is 7.74. The molecular weight excluding hydrogens is 330 g/mol. The predicted octanol–water partition coefficient (Wildman–Crippen LogP) is 3.56. The summed E-state index contributed by atoms with van der Waals surface area (Å²) in [5.41, 5.74) is 3.41. The zero-order valence-corrected chi connectivity index (χ0v) is 14.8. The first-order valence-electron chi connectivity index (χ1n) is 8.26. The molecule has 1 N–H and O–H groups in total. The summed E-state index contributed by atoms with van der Waals surface area (Å²) < 4.78 is 7.29. The molecule has 0 bridgehead atoms. The number of hydrogen-bond donors (Lipinski definition) is 1. The lowest BCUT2D eigenvalue weighted by molar-refractivity contribution is 0.101. The van der Waals surface area contributed by atoms with E-state index in [0.29, 0.717) is 6.54 Å². The van der Waals surface area contributed by atoms with Gasteiger partial charge in [0.2, 0.25) is 0 Å². The van der Waals surface area contributed by atoms with Gasteiger partial charge in [-0.15, -0.1) is 0 Å². The highest BCUT2D eigenvalue weighted by Gasteiger charge is 2.16. The minimum absolute atomic E-state index is 0.116. The molecule has 1 amide bonds. The van der Waals surface area contributed by atoms with E-state index in [1.165, 1.54) is 4.90 Å². The smallest absolute Gasteiger partial charge is 0.410 e. The van der Waals surface area contributed by atoms with E-state index in [1.807, 2.05) is 41.9 Å². The summed E-state index contributed by atoms with van der Waals surface area (Å²) in [6.07, 6.45) is 1.28. The van der Waals surface area contributed by atoms with Crippen LogP contribution in [0.3, 0.4) is 0 Å². The largest absolute Gasteiger partial charge is 0.508 e. The Kier molecular flexibility index (Phi) is 5.22. The molecule has 26 heavy (non-hydrogen) atoms. The summed E-state index contributed by atoms with van der Waals surface area (Å²) in [6, 6.07) is 16.5. The number of benzene rings is 2. The first-order chi connectivity index (χ1) is 12.5. The van der Waals surface area contributed by atoms with Gasteiger partial charge in [0.25, 0.3) is 0 Å². The van der Waals surface area contributed by atoms with Crippen LogP contribution < -0.4 is 0 Å². The monoisotopic (exact) mass is 351 g/mol. The van der Waals surface area contributed by atoms with E-state index in [4.69, 9.17) is 4.74 Å². The van der Waals surface area contributed by atoms with Crippen molar-refractivity contribution in [2.45, 2.75) is 13.2 Å². The Morgan fingerprint density at radius 2 is 1.85 bits per heavy atom. The standard InChI is InChI=1S/C20H21N3O3/c1-22(12-15-6-4-3-5-7-15)20(25)26-13-18-19(21-14-23(18)2)16-8-10-17(24)11-9-16/h3-11,14,24H,12-13H2,1-2H3. The van der Waals surface area contributed by atoms with Gasteiger partial charge in [-0.05, 0) is 29.8 Å². The summed E-state index contributed by atoms with van der Waals surface area (Å²) in [5, 5.41) is 9.44. The Hall–Kier alpha value is -3.28. The molecule has 0 atom stereocenters. The van der Waals surface area contributed by atoms with Crippen LogP contribution in [-0.2, 0) is 24.9 Å². The van der Waals surface area contributed by atoms with Crippen LogP contribution in [-0.4, -0.2) is 32.7 Å². The lowest BCUT2D eigenvalue weighted by Gasteiger charge is -2.17. The minimum Gasteiger partial charge on any atom is -0.508 e. The molecular formula is C20H21N3O3. The fourth-order valence-electron chi connectivity index (χ4n) is 2.65. The molecule has 3 aromatic rings. The third-order valence-electron chi connectivity index (χ3n) is 4.11. The van der Waals surface area contributed by atoms with Crippen LogP contribution in [0.2, 0.25) is 0 Å². The van der Waals surface area contributed by atoms with Gasteiger partial charge in [-0.2, -0.15) is 0 Å². The highest BCUT2D eigenvalue weighted by Crippen LogP contribution is 2.24. The second-order valence-electron chi connectivity index (χ2n) is 6.09. The number of ether oxygens (including phenoxy) is 1. The summed E-state index contributed by atoms with van der Waals surface area (Å²) in [7, 11) is 3.56. The minimum atomic E-state index is -0.397. The number of carbonyl (C=O) groups excluding carboxylic acids is 1. The lowest BCUT2D eigenvalue weighted by atomic mass is 10.1. The van der Waals surface area contributed by atoms with Gasteiger partial charge in [-0.25, -0.2) is 9.78 Å². The number of carbonyl (C=O) groups is 1. The van der Waals surface area contributed by atoms with Crippen molar-refractivity contribution < 1.29 is 14.6 Å². The van der Waals surface area contributed by atoms with E-state index in [1.54, 1.807) is 37.6 Å². The number of rotatable bonds is 5. The first kappa shape index (κ1) is 17.5. The van der Waals surface area contributed by atoms with Crippen LogP contribution in [0, 0.1) is 0 Å². The van der Waals surface area contributed by atoms with Gasteiger partial charge in [-0.3, -0.25) is 0 Å². The average molecular weight is 351 g/mol. The van der Waals surface area contributed by atoms with Crippen molar-refractivity contribution >= 4 is 6.09 Å². The van der Waals surface area contributed by atoms with Crippen molar-refractivity contribution in [3.63, 3.8) is 0 Å². The molecule has 0 radical (unpaired) electrons. The van der Waals surface area contributed by atoms with E-state index in [0.717, 1.165) is 22.5 Å². The fourth-order valence-corrected chi connectivity index (χ4v) is 2.65. The maximum Gasteiger partial charge on any atom is 0.410 e. The van der Waals surface area contributed by atoms with Crippen LogP contribution in [0.1, 0.15) is 11.3 Å².